The summed E-state index contributed by atoms with van der Waals surface area (Å²) in [6.07, 6.45) is 8.79. The average Bonchev–Trinajstić information content (AvgIpc) is 3.23. The molecule has 1 aliphatic rings. The van der Waals surface area contributed by atoms with Crippen molar-refractivity contribution in [3.8, 4) is 0 Å². The number of hydrogen-bond donors (Lipinski definition) is 2. The normalized spacial score (nSPS) is 20.9. The maximum Gasteiger partial charge on any atom is 0.314 e. The first-order valence-corrected chi connectivity index (χ1v) is 8.46. The van der Waals surface area contributed by atoms with E-state index in [2.05, 4.69) is 33.6 Å². The molecular weight excluding hydrogens is 302 g/mol. The van der Waals surface area contributed by atoms with E-state index in [1.54, 1.807) is 6.20 Å². The maximum atomic E-state index is 12.0. The van der Waals surface area contributed by atoms with Gasteiger partial charge in [0.2, 0.25) is 0 Å². The fourth-order valence-electron chi connectivity index (χ4n) is 3.42. The van der Waals surface area contributed by atoms with Gasteiger partial charge in [-0.25, -0.2) is 4.79 Å². The summed E-state index contributed by atoms with van der Waals surface area (Å²) in [5.74, 6) is 0.411. The minimum absolute atomic E-state index is 0.0957. The molecule has 0 aromatic carbocycles. The molecule has 24 heavy (non-hydrogen) atoms. The third kappa shape index (κ3) is 4.14. The Balaban J connectivity index is 1.45. The van der Waals surface area contributed by atoms with E-state index in [1.807, 2.05) is 41.4 Å². The van der Waals surface area contributed by atoms with Crippen LogP contribution in [-0.4, -0.2) is 47.2 Å². The van der Waals surface area contributed by atoms with Crippen LogP contribution in [0, 0.1) is 5.92 Å². The highest BCUT2D eigenvalue weighted by atomic mass is 16.2. The van der Waals surface area contributed by atoms with Crippen LogP contribution in [0.3, 0.4) is 0 Å². The van der Waals surface area contributed by atoms with Crippen molar-refractivity contribution < 1.29 is 4.79 Å². The number of likely N-dealkylation sites (tertiary alicyclic amines) is 1. The molecule has 2 aromatic heterocycles. The first-order chi connectivity index (χ1) is 11.7. The largest absolute Gasteiger partial charge is 0.353 e. The first-order valence-electron chi connectivity index (χ1n) is 8.46. The van der Waals surface area contributed by atoms with Gasteiger partial charge in [-0.05, 0) is 49.7 Å². The Morgan fingerprint density at radius 3 is 2.88 bits per heavy atom. The van der Waals surface area contributed by atoms with E-state index in [1.165, 1.54) is 5.56 Å². The van der Waals surface area contributed by atoms with Gasteiger partial charge in [-0.15, -0.1) is 0 Å². The summed E-state index contributed by atoms with van der Waals surface area (Å²) in [6.45, 7) is 3.13. The van der Waals surface area contributed by atoms with Crippen molar-refractivity contribution in [2.24, 2.45) is 5.92 Å². The Morgan fingerprint density at radius 1 is 1.29 bits per heavy atom. The summed E-state index contributed by atoms with van der Waals surface area (Å²) in [6, 6.07) is 8.27. The summed E-state index contributed by atoms with van der Waals surface area (Å²) >= 11 is 0. The first kappa shape index (κ1) is 16.5. The number of amides is 2. The zero-order valence-electron chi connectivity index (χ0n) is 14.1. The molecular formula is C18H25N5O. The second kappa shape index (κ2) is 7.97. The summed E-state index contributed by atoms with van der Waals surface area (Å²) in [7, 11) is 2.13. The van der Waals surface area contributed by atoms with Gasteiger partial charge in [-0.1, -0.05) is 6.07 Å². The fraction of sp³-hybridized carbons (Fsp3) is 0.444. The number of hydrogen-bond acceptors (Lipinski definition) is 3. The molecule has 6 nitrogen and oxygen atoms in total. The van der Waals surface area contributed by atoms with Gasteiger partial charge >= 0.3 is 6.03 Å². The van der Waals surface area contributed by atoms with Gasteiger partial charge < -0.3 is 15.2 Å². The Hall–Kier alpha value is -2.34. The molecule has 2 aromatic rings. The number of aromatic nitrogens is 2. The third-order valence-corrected chi connectivity index (χ3v) is 4.65. The fourth-order valence-corrected chi connectivity index (χ4v) is 3.42. The lowest BCUT2D eigenvalue weighted by molar-refractivity contribution is 0.233. The van der Waals surface area contributed by atoms with E-state index in [0.717, 1.165) is 19.5 Å². The van der Waals surface area contributed by atoms with Crippen LogP contribution in [0.15, 0.2) is 49.1 Å². The van der Waals surface area contributed by atoms with E-state index in [0.29, 0.717) is 25.0 Å². The number of nitrogens with zero attached hydrogens (tertiary/aromatic N) is 3. The van der Waals surface area contributed by atoms with Gasteiger partial charge in [0, 0.05) is 50.5 Å². The smallest absolute Gasteiger partial charge is 0.314 e. The molecule has 3 heterocycles. The molecule has 1 saturated heterocycles. The summed E-state index contributed by atoms with van der Waals surface area (Å²) in [5.41, 5.74) is 1.22. The second-order valence-electron chi connectivity index (χ2n) is 6.32. The molecule has 0 spiro atoms. The summed E-state index contributed by atoms with van der Waals surface area (Å²) in [4.78, 5) is 18.6. The summed E-state index contributed by atoms with van der Waals surface area (Å²) < 4.78 is 2.05. The molecule has 2 amide bonds. The monoisotopic (exact) mass is 327 g/mol. The minimum atomic E-state index is -0.0957. The quantitative estimate of drug-likeness (QED) is 0.851. The minimum Gasteiger partial charge on any atom is -0.353 e. The highest BCUT2D eigenvalue weighted by Gasteiger charge is 2.33. The Bertz CT molecular complexity index is 628. The van der Waals surface area contributed by atoms with Gasteiger partial charge in [0.05, 0.1) is 0 Å². The molecule has 0 aliphatic carbocycles. The number of urea groups is 1. The third-order valence-electron chi connectivity index (χ3n) is 4.65. The van der Waals surface area contributed by atoms with Crippen molar-refractivity contribution in [2.45, 2.75) is 19.0 Å². The van der Waals surface area contributed by atoms with Gasteiger partial charge in [0.1, 0.15) is 0 Å². The Labute approximate surface area is 142 Å². The standard InChI is InChI=1S/C18H25N5O/c1-22-11-6-16(17(22)15-5-4-7-19-13-15)14-21-18(24)20-8-12-23-9-2-3-10-23/h2-5,7,9-10,13,16-17H,6,8,11-12,14H2,1H3,(H2,20,21,24)/t16-,17-/m0/s1. The molecule has 6 heteroatoms. The molecule has 2 atom stereocenters. The van der Waals surface area contributed by atoms with Crippen LogP contribution in [0.25, 0.3) is 0 Å². The van der Waals surface area contributed by atoms with Crippen LogP contribution >= 0.6 is 0 Å². The van der Waals surface area contributed by atoms with Crippen LogP contribution in [0.1, 0.15) is 18.0 Å². The summed E-state index contributed by atoms with van der Waals surface area (Å²) in [5, 5.41) is 5.93. The lowest BCUT2D eigenvalue weighted by Crippen LogP contribution is -2.40. The number of carbonyl (C=O) groups excluding carboxylic acids is 1. The van der Waals surface area contributed by atoms with Crippen molar-refractivity contribution in [1.82, 2.24) is 25.1 Å². The van der Waals surface area contributed by atoms with Crippen molar-refractivity contribution in [3.05, 3.63) is 54.6 Å². The van der Waals surface area contributed by atoms with Crippen LogP contribution in [0.5, 0.6) is 0 Å². The molecule has 128 valence electrons. The molecule has 0 saturated carbocycles. The average molecular weight is 327 g/mol. The van der Waals surface area contributed by atoms with E-state index >= 15 is 0 Å². The van der Waals surface area contributed by atoms with Gasteiger partial charge in [-0.2, -0.15) is 0 Å². The van der Waals surface area contributed by atoms with Crippen molar-refractivity contribution in [1.29, 1.82) is 0 Å². The van der Waals surface area contributed by atoms with Gasteiger partial charge in [0.15, 0.2) is 0 Å². The van der Waals surface area contributed by atoms with Gasteiger partial charge in [0.25, 0.3) is 0 Å². The predicted octanol–water partition coefficient (Wildman–Crippen LogP) is 1.88. The zero-order chi connectivity index (χ0) is 16.8. The van der Waals surface area contributed by atoms with E-state index in [9.17, 15) is 4.79 Å². The number of pyridine rings is 1. The van der Waals surface area contributed by atoms with E-state index in [4.69, 9.17) is 0 Å². The SMILES string of the molecule is CN1CC[C@@H](CNC(=O)NCCn2cccc2)[C@@H]1c1cccnc1. The lowest BCUT2D eigenvalue weighted by atomic mass is 9.95. The lowest BCUT2D eigenvalue weighted by Gasteiger charge is -2.25. The highest BCUT2D eigenvalue weighted by Crippen LogP contribution is 2.35. The van der Waals surface area contributed by atoms with Crippen LogP contribution in [0.2, 0.25) is 0 Å². The molecule has 3 rings (SSSR count). The topological polar surface area (TPSA) is 62.2 Å². The molecule has 0 unspecified atom stereocenters. The van der Waals surface area contributed by atoms with Crippen LogP contribution < -0.4 is 10.6 Å². The molecule has 0 bridgehead atoms. The molecule has 1 fully saturated rings. The Morgan fingerprint density at radius 2 is 2.12 bits per heavy atom. The maximum absolute atomic E-state index is 12.0. The number of nitrogens with one attached hydrogen (secondary N) is 2. The molecule has 2 N–H and O–H groups in total. The predicted molar refractivity (Wildman–Crippen MR) is 93.5 cm³/mol. The zero-order valence-corrected chi connectivity index (χ0v) is 14.1. The molecule has 0 radical (unpaired) electrons. The van der Waals surface area contributed by atoms with Crippen LogP contribution in [-0.2, 0) is 6.54 Å². The van der Waals surface area contributed by atoms with E-state index < -0.39 is 0 Å². The number of carbonyl (C=O) groups is 1. The van der Waals surface area contributed by atoms with Crippen LogP contribution in [0.4, 0.5) is 4.79 Å². The van der Waals surface area contributed by atoms with Crippen molar-refractivity contribution in [3.63, 3.8) is 0 Å². The Kier molecular flexibility index (Phi) is 5.48. The highest BCUT2D eigenvalue weighted by molar-refractivity contribution is 5.73. The second-order valence-corrected chi connectivity index (χ2v) is 6.32. The molecule has 1 aliphatic heterocycles. The van der Waals surface area contributed by atoms with Gasteiger partial charge in [-0.3, -0.25) is 9.88 Å². The number of rotatable bonds is 6. The van der Waals surface area contributed by atoms with E-state index in [-0.39, 0.29) is 6.03 Å². The van der Waals surface area contributed by atoms with Crippen molar-refractivity contribution in [2.75, 3.05) is 26.7 Å². The van der Waals surface area contributed by atoms with Crippen molar-refractivity contribution >= 4 is 6.03 Å².